The Morgan fingerprint density at radius 2 is 1.70 bits per heavy atom. The third kappa shape index (κ3) is 1.98. The first-order valence-corrected chi connectivity index (χ1v) is 6.77. The summed E-state index contributed by atoms with van der Waals surface area (Å²) in [5.41, 5.74) is 1.44. The molecule has 3 aromatic rings. The van der Waals surface area contributed by atoms with E-state index in [0.29, 0.717) is 5.06 Å². The van der Waals surface area contributed by atoms with Gasteiger partial charge >= 0.3 is 5.97 Å². The van der Waals surface area contributed by atoms with Gasteiger partial charge in [0.15, 0.2) is 0 Å². The van der Waals surface area contributed by atoms with E-state index in [1.165, 1.54) is 30.7 Å². The van der Waals surface area contributed by atoms with Gasteiger partial charge in [-0.2, -0.15) is 0 Å². The van der Waals surface area contributed by atoms with Crippen LogP contribution in [0.1, 0.15) is 31.1 Å². The molecule has 1 aliphatic rings. The van der Waals surface area contributed by atoms with Gasteiger partial charge in [-0.25, -0.2) is 9.78 Å². The number of fused-ring (bicyclic) bond motifs is 2. The molecular weight excluding hydrogens is 298 g/mol. The minimum atomic E-state index is -0.796. The Bertz CT molecular complexity index is 941. The van der Waals surface area contributed by atoms with Crippen LogP contribution < -0.4 is 0 Å². The molecule has 0 aliphatic carbocycles. The van der Waals surface area contributed by atoms with E-state index in [1.807, 2.05) is 0 Å². The Kier molecular flexibility index (Phi) is 2.74. The van der Waals surface area contributed by atoms with E-state index in [2.05, 4.69) is 4.98 Å². The smallest absolute Gasteiger partial charge is 0.324 e. The first-order valence-electron chi connectivity index (χ1n) is 6.77. The highest BCUT2D eigenvalue weighted by Crippen LogP contribution is 2.23. The van der Waals surface area contributed by atoms with Crippen molar-refractivity contribution in [3.8, 4) is 0 Å². The second-order valence-electron chi connectivity index (χ2n) is 4.97. The Hall–Kier alpha value is -3.48. The number of pyridine rings is 1. The van der Waals surface area contributed by atoms with Gasteiger partial charge in [0.1, 0.15) is 0 Å². The highest BCUT2D eigenvalue weighted by atomic mass is 16.7. The topological polar surface area (TPSA) is 81.0 Å². The predicted octanol–water partition coefficient (Wildman–Crippen LogP) is 1.70. The molecule has 4 rings (SSSR count). The quantitative estimate of drug-likeness (QED) is 0.673. The molecule has 3 heterocycles. The summed E-state index contributed by atoms with van der Waals surface area (Å²) >= 11 is 0. The van der Waals surface area contributed by atoms with Crippen molar-refractivity contribution in [2.45, 2.75) is 0 Å². The minimum absolute atomic E-state index is 0.201. The average molecular weight is 307 g/mol. The second kappa shape index (κ2) is 4.77. The molecule has 0 saturated carbocycles. The normalized spacial score (nSPS) is 13.5. The maximum atomic E-state index is 12.2. The molecule has 2 amide bonds. The van der Waals surface area contributed by atoms with Crippen molar-refractivity contribution >= 4 is 23.3 Å². The SMILES string of the molecule is O=C(ON1C(=O)c2ccccc2C1=O)c1ccc2cncn2c1. The number of amides is 2. The number of benzene rings is 1. The molecule has 7 heteroatoms. The fourth-order valence-electron chi connectivity index (χ4n) is 2.43. The monoisotopic (exact) mass is 307 g/mol. The molecule has 23 heavy (non-hydrogen) atoms. The van der Waals surface area contributed by atoms with E-state index >= 15 is 0 Å². The number of carbonyl (C=O) groups is 3. The van der Waals surface area contributed by atoms with E-state index in [1.54, 1.807) is 28.8 Å². The summed E-state index contributed by atoms with van der Waals surface area (Å²) in [6, 6.07) is 9.54. The van der Waals surface area contributed by atoms with Crippen molar-refractivity contribution in [3.63, 3.8) is 0 Å². The van der Waals surface area contributed by atoms with Crippen molar-refractivity contribution in [2.24, 2.45) is 0 Å². The number of carbonyl (C=O) groups excluding carboxylic acids is 3. The lowest BCUT2D eigenvalue weighted by atomic mass is 10.1. The van der Waals surface area contributed by atoms with E-state index < -0.39 is 17.8 Å². The van der Waals surface area contributed by atoms with Gasteiger partial charge in [0.2, 0.25) is 0 Å². The molecule has 112 valence electrons. The number of imide groups is 1. The van der Waals surface area contributed by atoms with Crippen molar-refractivity contribution in [1.29, 1.82) is 0 Å². The zero-order chi connectivity index (χ0) is 16.0. The number of rotatable bonds is 2. The molecule has 2 aromatic heterocycles. The number of nitrogens with zero attached hydrogens (tertiary/aromatic N) is 3. The van der Waals surface area contributed by atoms with Gasteiger partial charge < -0.3 is 9.24 Å². The van der Waals surface area contributed by atoms with Crippen LogP contribution in [0.15, 0.2) is 55.1 Å². The number of aromatic nitrogens is 2. The van der Waals surface area contributed by atoms with E-state index in [9.17, 15) is 14.4 Å². The molecule has 0 unspecified atom stereocenters. The summed E-state index contributed by atoms with van der Waals surface area (Å²) < 4.78 is 1.64. The van der Waals surface area contributed by atoms with Crippen LogP contribution in [0, 0.1) is 0 Å². The van der Waals surface area contributed by atoms with E-state index in [-0.39, 0.29) is 16.7 Å². The van der Waals surface area contributed by atoms with Crippen LogP contribution in [0.5, 0.6) is 0 Å². The lowest BCUT2D eigenvalue weighted by Gasteiger charge is -2.12. The van der Waals surface area contributed by atoms with Gasteiger partial charge in [0.25, 0.3) is 11.8 Å². The van der Waals surface area contributed by atoms with Crippen molar-refractivity contribution in [3.05, 3.63) is 71.8 Å². The van der Waals surface area contributed by atoms with Gasteiger partial charge in [0, 0.05) is 6.20 Å². The Morgan fingerprint density at radius 3 is 2.39 bits per heavy atom. The summed E-state index contributed by atoms with van der Waals surface area (Å²) in [5.74, 6) is -2.10. The Morgan fingerprint density at radius 1 is 1.00 bits per heavy atom. The van der Waals surface area contributed by atoms with Gasteiger partial charge in [-0.1, -0.05) is 17.2 Å². The second-order valence-corrected chi connectivity index (χ2v) is 4.97. The molecule has 0 bridgehead atoms. The largest absolute Gasteiger partial charge is 0.365 e. The lowest BCUT2D eigenvalue weighted by Crippen LogP contribution is -2.32. The highest BCUT2D eigenvalue weighted by molar-refractivity contribution is 6.21. The zero-order valence-corrected chi connectivity index (χ0v) is 11.7. The van der Waals surface area contributed by atoms with Gasteiger partial charge in [-0.15, -0.1) is 0 Å². The van der Waals surface area contributed by atoms with Crippen LogP contribution in [-0.2, 0) is 4.84 Å². The van der Waals surface area contributed by atoms with Gasteiger partial charge in [0.05, 0.1) is 34.7 Å². The van der Waals surface area contributed by atoms with Gasteiger partial charge in [-0.3, -0.25) is 9.59 Å². The first-order chi connectivity index (χ1) is 11.1. The summed E-state index contributed by atoms with van der Waals surface area (Å²) in [6.07, 6.45) is 4.69. The number of hydroxylamine groups is 2. The third-order valence-electron chi connectivity index (χ3n) is 3.57. The van der Waals surface area contributed by atoms with Crippen molar-refractivity contribution in [2.75, 3.05) is 0 Å². The Labute approximate surface area is 129 Å². The molecule has 0 N–H and O–H groups in total. The molecule has 0 saturated heterocycles. The predicted molar refractivity (Wildman–Crippen MR) is 77.5 cm³/mol. The zero-order valence-electron chi connectivity index (χ0n) is 11.7. The number of hydrogen-bond donors (Lipinski definition) is 0. The van der Waals surface area contributed by atoms with Crippen molar-refractivity contribution in [1.82, 2.24) is 14.4 Å². The lowest BCUT2D eigenvalue weighted by molar-refractivity contribution is -0.0584. The molecule has 0 atom stereocenters. The summed E-state index contributed by atoms with van der Waals surface area (Å²) in [4.78, 5) is 45.5. The van der Waals surface area contributed by atoms with Gasteiger partial charge in [-0.05, 0) is 24.3 Å². The average Bonchev–Trinajstić information content (AvgIpc) is 3.13. The summed E-state index contributed by atoms with van der Waals surface area (Å²) in [5, 5.41) is 0.491. The van der Waals surface area contributed by atoms with E-state index in [0.717, 1.165) is 5.52 Å². The molecule has 0 fully saturated rings. The standard InChI is InChI=1S/C16H9N3O4/c20-14-12-3-1-2-4-13(12)15(21)19(14)23-16(22)10-5-6-11-7-17-9-18(11)8-10/h1-9H. The van der Waals surface area contributed by atoms with Crippen LogP contribution in [0.4, 0.5) is 0 Å². The summed E-state index contributed by atoms with van der Waals surface area (Å²) in [7, 11) is 0. The maximum Gasteiger partial charge on any atom is 0.365 e. The molecule has 0 spiro atoms. The van der Waals surface area contributed by atoms with Crippen LogP contribution in [0.25, 0.3) is 5.52 Å². The van der Waals surface area contributed by atoms with Crippen LogP contribution in [-0.4, -0.2) is 32.2 Å². The molecular formula is C16H9N3O4. The fraction of sp³-hybridized carbons (Fsp3) is 0. The molecule has 1 aromatic carbocycles. The molecule has 7 nitrogen and oxygen atoms in total. The molecule has 1 aliphatic heterocycles. The first kappa shape index (κ1) is 13.2. The third-order valence-corrected chi connectivity index (χ3v) is 3.57. The molecule has 0 radical (unpaired) electrons. The van der Waals surface area contributed by atoms with Crippen LogP contribution >= 0.6 is 0 Å². The number of hydrogen-bond acceptors (Lipinski definition) is 5. The highest BCUT2D eigenvalue weighted by Gasteiger charge is 2.38. The number of imidazole rings is 1. The van der Waals surface area contributed by atoms with Crippen molar-refractivity contribution < 1.29 is 19.2 Å². The van der Waals surface area contributed by atoms with E-state index in [4.69, 9.17) is 4.84 Å². The maximum absolute atomic E-state index is 12.2. The van der Waals surface area contributed by atoms with Crippen LogP contribution in [0.3, 0.4) is 0 Å². The Balaban J connectivity index is 1.62. The van der Waals surface area contributed by atoms with Crippen LogP contribution in [0.2, 0.25) is 0 Å². The minimum Gasteiger partial charge on any atom is -0.324 e. The fourth-order valence-corrected chi connectivity index (χ4v) is 2.43. The summed E-state index contributed by atoms with van der Waals surface area (Å²) in [6.45, 7) is 0.